The molecule has 2 rings (SSSR count). The summed E-state index contributed by atoms with van der Waals surface area (Å²) in [5, 5.41) is 12.6. The summed E-state index contributed by atoms with van der Waals surface area (Å²) in [7, 11) is 0. The molecule has 0 bridgehead atoms. The SMILES string of the molecule is NC(=O)C(O)C(Cc1ccccc1)NC(=O)c1ccccc1. The van der Waals surface area contributed by atoms with Crippen molar-refractivity contribution < 1.29 is 14.7 Å². The van der Waals surface area contributed by atoms with Gasteiger partial charge in [0.2, 0.25) is 5.91 Å². The second-order valence-corrected chi connectivity index (χ2v) is 4.98. The van der Waals surface area contributed by atoms with Crippen LogP contribution in [-0.2, 0) is 11.2 Å². The van der Waals surface area contributed by atoms with Crippen LogP contribution in [0.2, 0.25) is 0 Å². The van der Waals surface area contributed by atoms with Gasteiger partial charge >= 0.3 is 0 Å². The number of carbonyl (C=O) groups excluding carboxylic acids is 2. The van der Waals surface area contributed by atoms with E-state index in [0.29, 0.717) is 12.0 Å². The van der Waals surface area contributed by atoms with Crippen LogP contribution in [0.4, 0.5) is 0 Å². The molecule has 114 valence electrons. The van der Waals surface area contributed by atoms with Crippen LogP contribution in [-0.4, -0.2) is 29.1 Å². The van der Waals surface area contributed by atoms with E-state index in [0.717, 1.165) is 5.56 Å². The van der Waals surface area contributed by atoms with E-state index in [4.69, 9.17) is 5.73 Å². The van der Waals surface area contributed by atoms with Crippen molar-refractivity contribution in [2.75, 3.05) is 0 Å². The quantitative estimate of drug-likeness (QED) is 0.739. The highest BCUT2D eigenvalue weighted by Gasteiger charge is 2.26. The number of carbonyl (C=O) groups is 2. The zero-order chi connectivity index (χ0) is 15.9. The Hall–Kier alpha value is -2.66. The van der Waals surface area contributed by atoms with E-state index in [2.05, 4.69) is 5.32 Å². The summed E-state index contributed by atoms with van der Waals surface area (Å²) in [6.07, 6.45) is -1.14. The van der Waals surface area contributed by atoms with Gasteiger partial charge in [-0.15, -0.1) is 0 Å². The van der Waals surface area contributed by atoms with Crippen molar-refractivity contribution in [3.05, 3.63) is 71.8 Å². The molecule has 2 amide bonds. The Morgan fingerprint density at radius 2 is 1.55 bits per heavy atom. The van der Waals surface area contributed by atoms with Crippen molar-refractivity contribution in [3.63, 3.8) is 0 Å². The lowest BCUT2D eigenvalue weighted by Crippen LogP contribution is -2.50. The summed E-state index contributed by atoms with van der Waals surface area (Å²) < 4.78 is 0. The van der Waals surface area contributed by atoms with Gasteiger partial charge in [-0.05, 0) is 24.1 Å². The number of nitrogens with two attached hydrogens (primary N) is 1. The molecule has 0 aliphatic carbocycles. The normalized spacial score (nSPS) is 13.1. The molecule has 5 nitrogen and oxygen atoms in total. The van der Waals surface area contributed by atoms with Gasteiger partial charge in [-0.25, -0.2) is 0 Å². The summed E-state index contributed by atoms with van der Waals surface area (Å²) >= 11 is 0. The minimum Gasteiger partial charge on any atom is -0.381 e. The number of primary amides is 1. The Kier molecular flexibility index (Phi) is 5.27. The van der Waals surface area contributed by atoms with Crippen molar-refractivity contribution >= 4 is 11.8 Å². The first kappa shape index (κ1) is 15.7. The molecule has 0 radical (unpaired) electrons. The van der Waals surface area contributed by atoms with Crippen LogP contribution < -0.4 is 11.1 Å². The summed E-state index contributed by atoms with van der Waals surface area (Å²) in [6, 6.07) is 17.1. The fraction of sp³-hybridized carbons (Fsp3) is 0.176. The average Bonchev–Trinajstić information content (AvgIpc) is 2.55. The molecule has 2 unspecified atom stereocenters. The molecule has 4 N–H and O–H groups in total. The van der Waals surface area contributed by atoms with Gasteiger partial charge in [-0.1, -0.05) is 48.5 Å². The summed E-state index contributed by atoms with van der Waals surface area (Å²) in [5.74, 6) is -1.23. The first-order chi connectivity index (χ1) is 10.6. The maximum absolute atomic E-state index is 12.2. The lowest BCUT2D eigenvalue weighted by atomic mass is 10.0. The molecule has 0 fully saturated rings. The zero-order valence-corrected chi connectivity index (χ0v) is 12.0. The lowest BCUT2D eigenvalue weighted by Gasteiger charge is -2.22. The summed E-state index contributed by atoms with van der Waals surface area (Å²) in [4.78, 5) is 23.5. The molecule has 0 aliphatic rings. The number of benzene rings is 2. The average molecular weight is 298 g/mol. The highest BCUT2D eigenvalue weighted by molar-refractivity contribution is 5.94. The standard InChI is InChI=1S/C17H18N2O3/c18-16(21)15(20)14(11-12-7-3-1-4-8-12)19-17(22)13-9-5-2-6-10-13/h1-10,14-15,20H,11H2,(H2,18,21)(H,19,22). The van der Waals surface area contributed by atoms with Gasteiger partial charge in [0.15, 0.2) is 6.10 Å². The highest BCUT2D eigenvalue weighted by Crippen LogP contribution is 2.08. The van der Waals surface area contributed by atoms with Crippen molar-refractivity contribution in [3.8, 4) is 0 Å². The molecule has 0 aromatic heterocycles. The van der Waals surface area contributed by atoms with Crippen molar-refractivity contribution in [1.29, 1.82) is 0 Å². The van der Waals surface area contributed by atoms with Gasteiger partial charge in [-0.3, -0.25) is 9.59 Å². The molecule has 0 heterocycles. The van der Waals surface area contributed by atoms with E-state index in [-0.39, 0.29) is 5.91 Å². The number of hydrogen-bond acceptors (Lipinski definition) is 3. The fourth-order valence-electron chi connectivity index (χ4n) is 2.15. The third kappa shape index (κ3) is 4.17. The Labute approximate surface area is 128 Å². The van der Waals surface area contributed by atoms with E-state index >= 15 is 0 Å². The summed E-state index contributed by atoms with van der Waals surface area (Å²) in [6.45, 7) is 0. The van der Waals surface area contributed by atoms with Crippen LogP contribution in [0.3, 0.4) is 0 Å². The maximum atomic E-state index is 12.2. The van der Waals surface area contributed by atoms with Crippen LogP contribution in [0.1, 0.15) is 15.9 Å². The molecule has 2 aromatic rings. The number of aliphatic hydroxyl groups excluding tert-OH is 1. The Balaban J connectivity index is 2.14. The fourth-order valence-corrected chi connectivity index (χ4v) is 2.15. The van der Waals surface area contributed by atoms with E-state index in [1.165, 1.54) is 0 Å². The first-order valence-electron chi connectivity index (χ1n) is 6.95. The van der Waals surface area contributed by atoms with Gasteiger partial charge in [-0.2, -0.15) is 0 Å². The predicted octanol–water partition coefficient (Wildman–Crippen LogP) is 0.874. The number of aliphatic hydroxyl groups is 1. The smallest absolute Gasteiger partial charge is 0.251 e. The van der Waals surface area contributed by atoms with Crippen LogP contribution >= 0.6 is 0 Å². The molecule has 2 aromatic carbocycles. The molecular weight excluding hydrogens is 280 g/mol. The second kappa shape index (κ2) is 7.38. The number of nitrogens with one attached hydrogen (secondary N) is 1. The van der Waals surface area contributed by atoms with Gasteiger partial charge in [0, 0.05) is 5.56 Å². The Bertz CT molecular complexity index is 629. The van der Waals surface area contributed by atoms with Crippen molar-refractivity contribution in [2.45, 2.75) is 18.6 Å². The molecule has 0 spiro atoms. The van der Waals surface area contributed by atoms with Crippen LogP contribution in [0.25, 0.3) is 0 Å². The molecule has 0 saturated carbocycles. The highest BCUT2D eigenvalue weighted by atomic mass is 16.3. The Morgan fingerprint density at radius 3 is 2.09 bits per heavy atom. The van der Waals surface area contributed by atoms with Crippen LogP contribution in [0.5, 0.6) is 0 Å². The lowest BCUT2D eigenvalue weighted by molar-refractivity contribution is -0.127. The number of hydrogen-bond donors (Lipinski definition) is 3. The van der Waals surface area contributed by atoms with Gasteiger partial charge in [0.1, 0.15) is 0 Å². The zero-order valence-electron chi connectivity index (χ0n) is 12.0. The van der Waals surface area contributed by atoms with Crippen molar-refractivity contribution in [2.24, 2.45) is 5.73 Å². The minimum absolute atomic E-state index is 0.309. The maximum Gasteiger partial charge on any atom is 0.251 e. The first-order valence-corrected chi connectivity index (χ1v) is 6.95. The van der Waals surface area contributed by atoms with E-state index in [1.807, 2.05) is 30.3 Å². The molecule has 2 atom stereocenters. The van der Waals surface area contributed by atoms with E-state index < -0.39 is 18.1 Å². The molecular formula is C17H18N2O3. The second-order valence-electron chi connectivity index (χ2n) is 4.98. The Morgan fingerprint density at radius 1 is 1.00 bits per heavy atom. The van der Waals surface area contributed by atoms with Gasteiger partial charge < -0.3 is 16.2 Å². The van der Waals surface area contributed by atoms with Crippen LogP contribution in [0.15, 0.2) is 60.7 Å². The summed E-state index contributed by atoms with van der Waals surface area (Å²) in [5.41, 5.74) is 6.51. The molecule has 0 saturated heterocycles. The van der Waals surface area contributed by atoms with Crippen LogP contribution in [0, 0.1) is 0 Å². The van der Waals surface area contributed by atoms with E-state index in [9.17, 15) is 14.7 Å². The third-order valence-corrected chi connectivity index (χ3v) is 3.32. The number of rotatable bonds is 6. The van der Waals surface area contributed by atoms with E-state index in [1.54, 1.807) is 30.3 Å². The van der Waals surface area contributed by atoms with Gasteiger partial charge in [0.25, 0.3) is 5.91 Å². The number of amides is 2. The monoisotopic (exact) mass is 298 g/mol. The molecule has 0 aliphatic heterocycles. The van der Waals surface area contributed by atoms with Crippen molar-refractivity contribution in [1.82, 2.24) is 5.32 Å². The van der Waals surface area contributed by atoms with Gasteiger partial charge in [0.05, 0.1) is 6.04 Å². The molecule has 5 heteroatoms. The third-order valence-electron chi connectivity index (χ3n) is 3.32. The molecule has 22 heavy (non-hydrogen) atoms. The largest absolute Gasteiger partial charge is 0.381 e. The predicted molar refractivity (Wildman–Crippen MR) is 83.0 cm³/mol. The topological polar surface area (TPSA) is 92.4 Å². The minimum atomic E-state index is -1.45.